The van der Waals surface area contributed by atoms with Crippen LogP contribution in [0.5, 0.6) is 0 Å². The van der Waals surface area contributed by atoms with Crippen molar-refractivity contribution in [2.45, 2.75) is 19.9 Å². The van der Waals surface area contributed by atoms with E-state index in [1.165, 1.54) is 12.3 Å². The van der Waals surface area contributed by atoms with Crippen LogP contribution in [0.4, 0.5) is 5.82 Å². The van der Waals surface area contributed by atoms with E-state index in [1.54, 1.807) is 14.0 Å². The van der Waals surface area contributed by atoms with Crippen LogP contribution in [0.15, 0.2) is 12.3 Å². The number of anilines is 1. The molecule has 0 aromatic carbocycles. The van der Waals surface area contributed by atoms with Crippen molar-refractivity contribution in [2.24, 2.45) is 0 Å². The number of amides is 2. The Morgan fingerprint density at radius 1 is 1.47 bits per heavy atom. The number of hydrogen-bond donors (Lipinski definition) is 3. The summed E-state index contributed by atoms with van der Waals surface area (Å²) < 4.78 is 0. The summed E-state index contributed by atoms with van der Waals surface area (Å²) in [5, 5.41) is 8.26. The molecule has 0 fully saturated rings. The molecule has 0 aliphatic heterocycles. The van der Waals surface area contributed by atoms with Crippen molar-refractivity contribution in [3.63, 3.8) is 0 Å². The third-order valence-corrected chi connectivity index (χ3v) is 2.75. The van der Waals surface area contributed by atoms with Crippen LogP contribution in [0.2, 0.25) is 5.02 Å². The molecule has 0 aliphatic carbocycles. The lowest BCUT2D eigenvalue weighted by Gasteiger charge is -2.14. The molecule has 7 heteroatoms. The van der Waals surface area contributed by atoms with Gasteiger partial charge in [-0.25, -0.2) is 4.98 Å². The van der Waals surface area contributed by atoms with Gasteiger partial charge in [-0.15, -0.1) is 0 Å². The molecule has 1 heterocycles. The Hall–Kier alpha value is -1.82. The number of carbonyl (C=O) groups excluding carboxylic acids is 2. The largest absolute Gasteiger partial charge is 0.373 e. The van der Waals surface area contributed by atoms with E-state index in [-0.39, 0.29) is 16.5 Å². The summed E-state index contributed by atoms with van der Waals surface area (Å²) in [5.74, 6) is -0.127. The number of aromatic nitrogens is 1. The van der Waals surface area contributed by atoms with Gasteiger partial charge in [0.15, 0.2) is 0 Å². The van der Waals surface area contributed by atoms with Gasteiger partial charge in [-0.2, -0.15) is 0 Å². The van der Waals surface area contributed by atoms with Crippen LogP contribution in [0.1, 0.15) is 24.2 Å². The molecule has 1 aromatic rings. The Balaban J connectivity index is 2.80. The minimum absolute atomic E-state index is 0.236. The summed E-state index contributed by atoms with van der Waals surface area (Å²) >= 11 is 5.92. The van der Waals surface area contributed by atoms with E-state index in [0.717, 1.165) is 0 Å². The first-order chi connectivity index (χ1) is 8.99. The number of likely N-dealkylation sites (N-methyl/N-ethyl adjacent to an activating group) is 1. The fourth-order valence-electron chi connectivity index (χ4n) is 1.42. The lowest BCUT2D eigenvalue weighted by Crippen LogP contribution is -2.44. The van der Waals surface area contributed by atoms with Crippen molar-refractivity contribution in [2.75, 3.05) is 18.9 Å². The predicted molar refractivity (Wildman–Crippen MR) is 74.4 cm³/mol. The van der Waals surface area contributed by atoms with Gasteiger partial charge in [0.1, 0.15) is 11.9 Å². The van der Waals surface area contributed by atoms with Crippen molar-refractivity contribution in [1.29, 1.82) is 0 Å². The number of nitrogens with one attached hydrogen (secondary N) is 3. The highest BCUT2D eigenvalue weighted by atomic mass is 35.5. The second kappa shape index (κ2) is 6.94. The molecule has 1 atom stereocenters. The molecular formula is C12H17ClN4O2. The van der Waals surface area contributed by atoms with Gasteiger partial charge in [-0.1, -0.05) is 11.6 Å². The quantitative estimate of drug-likeness (QED) is 0.754. The highest BCUT2D eigenvalue weighted by Gasteiger charge is 2.18. The number of carbonyl (C=O) groups is 2. The normalized spacial score (nSPS) is 11.6. The van der Waals surface area contributed by atoms with E-state index in [0.29, 0.717) is 12.4 Å². The molecular weight excluding hydrogens is 268 g/mol. The van der Waals surface area contributed by atoms with Crippen LogP contribution in [0.25, 0.3) is 0 Å². The molecule has 0 saturated heterocycles. The molecule has 3 N–H and O–H groups in total. The molecule has 0 saturated carbocycles. The van der Waals surface area contributed by atoms with E-state index >= 15 is 0 Å². The monoisotopic (exact) mass is 284 g/mol. The van der Waals surface area contributed by atoms with Gasteiger partial charge in [0, 0.05) is 19.8 Å². The molecule has 1 unspecified atom stereocenters. The molecule has 0 spiro atoms. The van der Waals surface area contributed by atoms with E-state index in [1.807, 2.05) is 6.92 Å². The van der Waals surface area contributed by atoms with Crippen molar-refractivity contribution in [3.05, 3.63) is 22.8 Å². The summed E-state index contributed by atoms with van der Waals surface area (Å²) in [5.41, 5.74) is 0.275. The maximum Gasteiger partial charge on any atom is 0.253 e. The first kappa shape index (κ1) is 15.2. The Morgan fingerprint density at radius 3 is 2.74 bits per heavy atom. The lowest BCUT2D eigenvalue weighted by atomic mass is 10.2. The maximum atomic E-state index is 12.0. The molecule has 6 nitrogen and oxygen atoms in total. The zero-order valence-electron chi connectivity index (χ0n) is 11.1. The number of halogens is 1. The van der Waals surface area contributed by atoms with Crippen LogP contribution >= 0.6 is 11.6 Å². The molecule has 0 aliphatic rings. The lowest BCUT2D eigenvalue weighted by molar-refractivity contribution is -0.122. The highest BCUT2D eigenvalue weighted by Crippen LogP contribution is 2.17. The van der Waals surface area contributed by atoms with E-state index in [9.17, 15) is 9.59 Å². The van der Waals surface area contributed by atoms with Crippen molar-refractivity contribution < 1.29 is 9.59 Å². The first-order valence-corrected chi connectivity index (χ1v) is 6.29. The molecule has 1 rings (SSSR count). The Bertz CT molecular complexity index is 479. The zero-order chi connectivity index (χ0) is 14.4. The van der Waals surface area contributed by atoms with Crippen LogP contribution in [0, 0.1) is 0 Å². The smallest absolute Gasteiger partial charge is 0.253 e. The van der Waals surface area contributed by atoms with Crippen molar-refractivity contribution in [3.8, 4) is 0 Å². The Kier molecular flexibility index (Phi) is 5.57. The number of hydrogen-bond acceptors (Lipinski definition) is 4. The first-order valence-electron chi connectivity index (χ1n) is 5.91. The standard InChI is InChI=1S/C12H17ClN4O2/c1-4-15-11(18)7(2)17-12(19)8-5-10(14-3)16-6-9(8)13/h5-7H,4H2,1-3H3,(H,14,16)(H,15,18)(H,17,19). The molecule has 0 bridgehead atoms. The zero-order valence-corrected chi connectivity index (χ0v) is 11.8. The fourth-order valence-corrected chi connectivity index (χ4v) is 1.61. The number of pyridine rings is 1. The summed E-state index contributed by atoms with van der Waals surface area (Å²) in [6.45, 7) is 3.93. The van der Waals surface area contributed by atoms with Crippen LogP contribution in [-0.2, 0) is 4.79 Å². The van der Waals surface area contributed by atoms with Gasteiger partial charge in [-0.3, -0.25) is 9.59 Å². The van der Waals surface area contributed by atoms with E-state index in [4.69, 9.17) is 11.6 Å². The topological polar surface area (TPSA) is 83.1 Å². The van der Waals surface area contributed by atoms with Crippen LogP contribution in [0.3, 0.4) is 0 Å². The molecule has 19 heavy (non-hydrogen) atoms. The predicted octanol–water partition coefficient (Wildman–Crippen LogP) is 1.03. The second-order valence-corrected chi connectivity index (χ2v) is 4.30. The minimum atomic E-state index is -0.630. The minimum Gasteiger partial charge on any atom is -0.373 e. The van der Waals surface area contributed by atoms with Gasteiger partial charge < -0.3 is 16.0 Å². The van der Waals surface area contributed by atoms with Gasteiger partial charge in [0.05, 0.1) is 10.6 Å². The number of nitrogens with zero attached hydrogens (tertiary/aromatic N) is 1. The SMILES string of the molecule is CCNC(=O)C(C)NC(=O)c1cc(NC)ncc1Cl. The van der Waals surface area contributed by atoms with Crippen molar-refractivity contribution in [1.82, 2.24) is 15.6 Å². The van der Waals surface area contributed by atoms with E-state index < -0.39 is 11.9 Å². The van der Waals surface area contributed by atoms with Crippen LogP contribution < -0.4 is 16.0 Å². The van der Waals surface area contributed by atoms with E-state index in [2.05, 4.69) is 20.9 Å². The summed E-state index contributed by atoms with van der Waals surface area (Å²) in [7, 11) is 1.69. The van der Waals surface area contributed by atoms with Gasteiger partial charge >= 0.3 is 0 Å². The molecule has 2 amide bonds. The molecule has 104 valence electrons. The summed E-state index contributed by atoms with van der Waals surface area (Å²) in [6.07, 6.45) is 1.39. The average Bonchev–Trinajstić information content (AvgIpc) is 2.39. The fraction of sp³-hybridized carbons (Fsp3) is 0.417. The van der Waals surface area contributed by atoms with Crippen LogP contribution in [-0.4, -0.2) is 36.4 Å². The Labute approximate surface area is 116 Å². The third kappa shape index (κ3) is 4.10. The maximum absolute atomic E-state index is 12.0. The van der Waals surface area contributed by atoms with Crippen molar-refractivity contribution >= 4 is 29.2 Å². The molecule has 0 radical (unpaired) electrons. The van der Waals surface area contributed by atoms with Gasteiger partial charge in [0.25, 0.3) is 5.91 Å². The second-order valence-electron chi connectivity index (χ2n) is 3.89. The average molecular weight is 285 g/mol. The molecule has 1 aromatic heterocycles. The summed E-state index contributed by atoms with van der Waals surface area (Å²) in [4.78, 5) is 27.5. The number of rotatable bonds is 5. The van der Waals surface area contributed by atoms with Gasteiger partial charge in [-0.05, 0) is 19.9 Å². The summed E-state index contributed by atoms with van der Waals surface area (Å²) in [6, 6.07) is 0.900. The Morgan fingerprint density at radius 2 is 2.16 bits per heavy atom. The third-order valence-electron chi connectivity index (χ3n) is 2.45. The van der Waals surface area contributed by atoms with Gasteiger partial charge in [0.2, 0.25) is 5.91 Å². The highest BCUT2D eigenvalue weighted by molar-refractivity contribution is 6.33.